The van der Waals surface area contributed by atoms with Gasteiger partial charge in [-0.1, -0.05) is 22.9 Å². The normalized spacial score (nSPS) is 24.7. The fourth-order valence-corrected chi connectivity index (χ4v) is 2.54. The van der Waals surface area contributed by atoms with E-state index >= 15 is 0 Å². The van der Waals surface area contributed by atoms with Crippen LogP contribution in [0.4, 0.5) is 18.9 Å². The summed E-state index contributed by atoms with van der Waals surface area (Å²) in [5.41, 5.74) is 5.47. The maximum atomic E-state index is 13.0. The van der Waals surface area contributed by atoms with Gasteiger partial charge in [0.1, 0.15) is 0 Å². The third-order valence-electron chi connectivity index (χ3n) is 3.28. The van der Waals surface area contributed by atoms with Crippen LogP contribution < -0.4 is 10.6 Å². The molecule has 1 heterocycles. The van der Waals surface area contributed by atoms with Gasteiger partial charge in [0.05, 0.1) is 11.3 Å². The first kappa shape index (κ1) is 13.7. The fraction of sp³-hybridized carbons (Fsp3) is 0.500. The van der Waals surface area contributed by atoms with Gasteiger partial charge in [-0.15, -0.1) is 0 Å². The van der Waals surface area contributed by atoms with E-state index in [1.165, 1.54) is 12.1 Å². The minimum absolute atomic E-state index is 0.0786. The zero-order valence-electron chi connectivity index (χ0n) is 9.84. The molecule has 2 nitrogen and oxygen atoms in total. The van der Waals surface area contributed by atoms with E-state index in [1.807, 2.05) is 6.92 Å². The molecule has 1 aliphatic heterocycles. The minimum Gasteiger partial charge on any atom is -0.369 e. The Morgan fingerprint density at radius 1 is 1.33 bits per heavy atom. The van der Waals surface area contributed by atoms with E-state index in [-0.39, 0.29) is 17.6 Å². The first-order valence-corrected chi connectivity index (χ1v) is 6.45. The first-order chi connectivity index (χ1) is 8.29. The van der Waals surface area contributed by atoms with Gasteiger partial charge >= 0.3 is 6.18 Å². The number of halogens is 4. The summed E-state index contributed by atoms with van der Waals surface area (Å²) in [6, 6.07) is 3.94. The van der Waals surface area contributed by atoms with E-state index in [0.717, 1.165) is 6.07 Å². The van der Waals surface area contributed by atoms with E-state index in [9.17, 15) is 13.2 Å². The molecular formula is C12H14BrF3N2. The predicted octanol–water partition coefficient (Wildman–Crippen LogP) is 3.25. The summed E-state index contributed by atoms with van der Waals surface area (Å²) in [5.74, 6) is 0.199. The zero-order chi connectivity index (χ0) is 13.5. The molecule has 2 atom stereocenters. The lowest BCUT2D eigenvalue weighted by Gasteiger charge is -2.23. The van der Waals surface area contributed by atoms with Crippen molar-refractivity contribution in [3.8, 4) is 0 Å². The molecule has 2 unspecified atom stereocenters. The topological polar surface area (TPSA) is 29.3 Å². The number of hydrogen-bond donors (Lipinski definition) is 1. The molecule has 1 saturated heterocycles. The molecule has 2 N–H and O–H groups in total. The molecule has 1 fully saturated rings. The van der Waals surface area contributed by atoms with E-state index in [0.29, 0.717) is 17.6 Å². The van der Waals surface area contributed by atoms with Crippen LogP contribution in [0.25, 0.3) is 0 Å². The van der Waals surface area contributed by atoms with Crippen molar-refractivity contribution in [3.63, 3.8) is 0 Å². The third kappa shape index (κ3) is 2.64. The molecule has 1 aromatic carbocycles. The Bertz CT molecular complexity index is 437. The highest BCUT2D eigenvalue weighted by Gasteiger charge is 2.37. The van der Waals surface area contributed by atoms with Gasteiger partial charge in [-0.05, 0) is 24.1 Å². The molecule has 1 aromatic rings. The molecule has 100 valence electrons. The molecule has 6 heteroatoms. The number of rotatable bonds is 1. The van der Waals surface area contributed by atoms with Gasteiger partial charge < -0.3 is 10.6 Å². The van der Waals surface area contributed by atoms with Gasteiger partial charge in [-0.25, -0.2) is 0 Å². The van der Waals surface area contributed by atoms with E-state index in [4.69, 9.17) is 5.73 Å². The Kier molecular flexibility index (Phi) is 3.60. The van der Waals surface area contributed by atoms with Gasteiger partial charge in [-0.3, -0.25) is 0 Å². The van der Waals surface area contributed by atoms with Gasteiger partial charge in [0, 0.05) is 23.6 Å². The SMILES string of the molecule is CC1CN(c2cc(Br)ccc2C(F)(F)F)CC1N. The highest BCUT2D eigenvalue weighted by molar-refractivity contribution is 9.10. The highest BCUT2D eigenvalue weighted by Crippen LogP contribution is 2.39. The van der Waals surface area contributed by atoms with Crippen molar-refractivity contribution in [2.45, 2.75) is 19.1 Å². The summed E-state index contributed by atoms with van der Waals surface area (Å²) in [4.78, 5) is 1.71. The van der Waals surface area contributed by atoms with Crippen LogP contribution in [0.3, 0.4) is 0 Å². The molecule has 2 rings (SSSR count). The Hall–Kier alpha value is -0.750. The number of alkyl halides is 3. The summed E-state index contributed by atoms with van der Waals surface area (Å²) in [6.45, 7) is 2.97. The van der Waals surface area contributed by atoms with Crippen molar-refractivity contribution in [3.05, 3.63) is 28.2 Å². The van der Waals surface area contributed by atoms with Crippen LogP contribution in [-0.4, -0.2) is 19.1 Å². The lowest BCUT2D eigenvalue weighted by molar-refractivity contribution is -0.137. The maximum absolute atomic E-state index is 13.0. The number of anilines is 1. The number of nitrogens with two attached hydrogens (primary N) is 1. The summed E-state index contributed by atoms with van der Waals surface area (Å²) >= 11 is 3.22. The maximum Gasteiger partial charge on any atom is 0.418 e. The number of benzene rings is 1. The molecule has 0 aliphatic carbocycles. The second kappa shape index (κ2) is 4.74. The quantitative estimate of drug-likeness (QED) is 0.860. The van der Waals surface area contributed by atoms with Gasteiger partial charge in [0.2, 0.25) is 0 Å². The van der Waals surface area contributed by atoms with Crippen LogP contribution in [0.15, 0.2) is 22.7 Å². The second-order valence-electron chi connectivity index (χ2n) is 4.71. The molecular weight excluding hydrogens is 309 g/mol. The van der Waals surface area contributed by atoms with Crippen LogP contribution in [0.5, 0.6) is 0 Å². The van der Waals surface area contributed by atoms with E-state index < -0.39 is 11.7 Å². The van der Waals surface area contributed by atoms with Crippen molar-refractivity contribution in [1.29, 1.82) is 0 Å². The molecule has 0 amide bonds. The monoisotopic (exact) mass is 322 g/mol. The summed E-state index contributed by atoms with van der Waals surface area (Å²) in [7, 11) is 0. The molecule has 0 bridgehead atoms. The lowest BCUT2D eigenvalue weighted by Crippen LogP contribution is -2.29. The molecule has 0 saturated carbocycles. The van der Waals surface area contributed by atoms with Crippen molar-refractivity contribution in [2.24, 2.45) is 11.7 Å². The number of hydrogen-bond acceptors (Lipinski definition) is 2. The largest absolute Gasteiger partial charge is 0.418 e. The van der Waals surface area contributed by atoms with Crippen molar-refractivity contribution in [1.82, 2.24) is 0 Å². The third-order valence-corrected chi connectivity index (χ3v) is 3.77. The highest BCUT2D eigenvalue weighted by atomic mass is 79.9. The molecule has 0 aromatic heterocycles. The Morgan fingerprint density at radius 3 is 2.50 bits per heavy atom. The van der Waals surface area contributed by atoms with Crippen molar-refractivity contribution in [2.75, 3.05) is 18.0 Å². The van der Waals surface area contributed by atoms with Crippen LogP contribution in [0.1, 0.15) is 12.5 Å². The summed E-state index contributed by atoms with van der Waals surface area (Å²) < 4.78 is 39.5. The fourth-order valence-electron chi connectivity index (χ4n) is 2.19. The molecule has 0 radical (unpaired) electrons. The van der Waals surface area contributed by atoms with E-state index in [2.05, 4.69) is 15.9 Å². The van der Waals surface area contributed by atoms with Crippen LogP contribution in [0, 0.1) is 5.92 Å². The number of nitrogens with zero attached hydrogens (tertiary/aromatic N) is 1. The zero-order valence-corrected chi connectivity index (χ0v) is 11.4. The summed E-state index contributed by atoms with van der Waals surface area (Å²) in [5, 5.41) is 0. The Labute approximate surface area is 112 Å². The average molecular weight is 323 g/mol. The van der Waals surface area contributed by atoms with Crippen LogP contribution in [-0.2, 0) is 6.18 Å². The van der Waals surface area contributed by atoms with E-state index in [1.54, 1.807) is 4.90 Å². The van der Waals surface area contributed by atoms with Crippen molar-refractivity contribution < 1.29 is 13.2 Å². The Balaban J connectivity index is 2.40. The van der Waals surface area contributed by atoms with Crippen LogP contribution >= 0.6 is 15.9 Å². The Morgan fingerprint density at radius 2 is 2.00 bits per heavy atom. The summed E-state index contributed by atoms with van der Waals surface area (Å²) in [6.07, 6.45) is -4.34. The standard InChI is InChI=1S/C12H14BrF3N2/c1-7-5-18(6-10(7)17)11-4-8(13)2-3-9(11)12(14,15)16/h2-4,7,10H,5-6,17H2,1H3. The molecule has 18 heavy (non-hydrogen) atoms. The second-order valence-corrected chi connectivity index (χ2v) is 5.62. The van der Waals surface area contributed by atoms with Crippen LogP contribution in [0.2, 0.25) is 0 Å². The first-order valence-electron chi connectivity index (χ1n) is 5.66. The predicted molar refractivity (Wildman–Crippen MR) is 68.5 cm³/mol. The molecule has 1 aliphatic rings. The molecule has 0 spiro atoms. The van der Waals surface area contributed by atoms with Crippen molar-refractivity contribution >= 4 is 21.6 Å². The lowest BCUT2D eigenvalue weighted by atomic mass is 10.1. The minimum atomic E-state index is -4.34. The van der Waals surface area contributed by atoms with Gasteiger partial charge in [-0.2, -0.15) is 13.2 Å². The van der Waals surface area contributed by atoms with Gasteiger partial charge in [0.25, 0.3) is 0 Å². The smallest absolute Gasteiger partial charge is 0.369 e. The van der Waals surface area contributed by atoms with Gasteiger partial charge in [0.15, 0.2) is 0 Å². The average Bonchev–Trinajstić information content (AvgIpc) is 2.57.